The first-order valence-corrected chi connectivity index (χ1v) is 6.80. The molecule has 2 rings (SSSR count). The molecule has 1 aromatic rings. The van der Waals surface area contributed by atoms with E-state index in [9.17, 15) is 4.79 Å². The van der Waals surface area contributed by atoms with E-state index in [1.54, 1.807) is 24.3 Å². The van der Waals surface area contributed by atoms with E-state index in [4.69, 9.17) is 23.1 Å². The zero-order valence-electron chi connectivity index (χ0n) is 10.7. The van der Waals surface area contributed by atoms with Crippen molar-refractivity contribution < 1.29 is 9.90 Å². The van der Waals surface area contributed by atoms with Crippen molar-refractivity contribution in [1.29, 1.82) is 0 Å². The smallest absolute Gasteiger partial charge is 0.237 e. The first kappa shape index (κ1) is 14.0. The van der Waals surface area contributed by atoms with E-state index >= 15 is 0 Å². The highest BCUT2D eigenvalue weighted by Crippen LogP contribution is 2.39. The molecule has 0 aliphatic heterocycles. The van der Waals surface area contributed by atoms with Crippen LogP contribution in [0.3, 0.4) is 0 Å². The number of anilines is 1. The van der Waals surface area contributed by atoms with Crippen molar-refractivity contribution >= 4 is 28.8 Å². The van der Waals surface area contributed by atoms with E-state index in [-0.39, 0.29) is 17.5 Å². The largest absolute Gasteiger partial charge is 0.392 e. The standard InChI is InChI=1S/C14H18N2O2S/c15-12(19)14(7-1-2-8-14)13(18)16-11-5-3-10(9-17)4-6-11/h3-6,17H,1-2,7-9H2,(H2,15,19)(H,16,18). The SMILES string of the molecule is NC(=S)C1(C(=O)Nc2ccc(CO)cc2)CCCC1. The van der Waals surface area contributed by atoms with Gasteiger partial charge in [0.15, 0.2) is 0 Å². The van der Waals surface area contributed by atoms with Crippen LogP contribution in [0.5, 0.6) is 0 Å². The maximum absolute atomic E-state index is 12.4. The van der Waals surface area contributed by atoms with Crippen LogP contribution in [0.15, 0.2) is 24.3 Å². The first-order chi connectivity index (χ1) is 9.08. The normalized spacial score (nSPS) is 17.1. The molecule has 1 fully saturated rings. The second kappa shape index (κ2) is 5.67. The van der Waals surface area contributed by atoms with Gasteiger partial charge in [-0.3, -0.25) is 4.79 Å². The number of carbonyl (C=O) groups excluding carboxylic acids is 1. The third-order valence-corrected chi connectivity index (χ3v) is 4.15. The second-order valence-corrected chi connectivity index (χ2v) is 5.40. The number of benzene rings is 1. The van der Waals surface area contributed by atoms with Crippen LogP contribution in [-0.4, -0.2) is 16.0 Å². The number of aliphatic hydroxyl groups excluding tert-OH is 1. The van der Waals surface area contributed by atoms with E-state index < -0.39 is 5.41 Å². The van der Waals surface area contributed by atoms with Gasteiger partial charge in [0.1, 0.15) is 0 Å². The van der Waals surface area contributed by atoms with Gasteiger partial charge in [-0.15, -0.1) is 0 Å². The molecule has 1 amide bonds. The summed E-state index contributed by atoms with van der Waals surface area (Å²) in [6, 6.07) is 7.09. The van der Waals surface area contributed by atoms with E-state index in [0.717, 1.165) is 31.2 Å². The molecule has 1 aromatic carbocycles. The lowest BCUT2D eigenvalue weighted by Crippen LogP contribution is -2.43. The van der Waals surface area contributed by atoms with Crippen molar-refractivity contribution in [3.05, 3.63) is 29.8 Å². The molecule has 1 aliphatic rings. The molecular weight excluding hydrogens is 260 g/mol. The summed E-state index contributed by atoms with van der Waals surface area (Å²) in [5, 5.41) is 11.8. The fourth-order valence-corrected chi connectivity index (χ4v) is 2.80. The average molecular weight is 278 g/mol. The van der Waals surface area contributed by atoms with Crippen LogP contribution in [0.25, 0.3) is 0 Å². The minimum atomic E-state index is -0.690. The predicted octanol–water partition coefficient (Wildman–Crippen LogP) is 1.96. The minimum absolute atomic E-state index is 0.00888. The Labute approximate surface area is 118 Å². The summed E-state index contributed by atoms with van der Waals surface area (Å²) in [4.78, 5) is 12.7. The number of amides is 1. The van der Waals surface area contributed by atoms with Crippen LogP contribution in [-0.2, 0) is 11.4 Å². The van der Waals surface area contributed by atoms with Crippen LogP contribution >= 0.6 is 12.2 Å². The van der Waals surface area contributed by atoms with Crippen molar-refractivity contribution in [3.63, 3.8) is 0 Å². The number of thiocarbonyl (C=S) groups is 1. The maximum atomic E-state index is 12.4. The number of nitrogens with one attached hydrogen (secondary N) is 1. The van der Waals surface area contributed by atoms with Crippen LogP contribution < -0.4 is 11.1 Å². The Bertz CT molecular complexity index is 479. The van der Waals surface area contributed by atoms with E-state index in [2.05, 4.69) is 5.32 Å². The quantitative estimate of drug-likeness (QED) is 0.736. The molecule has 0 heterocycles. The van der Waals surface area contributed by atoms with Crippen LogP contribution in [0.4, 0.5) is 5.69 Å². The molecule has 0 radical (unpaired) electrons. The zero-order chi connectivity index (χ0) is 13.9. The summed E-state index contributed by atoms with van der Waals surface area (Å²) in [5.74, 6) is -0.116. The molecule has 0 aromatic heterocycles. The maximum Gasteiger partial charge on any atom is 0.237 e. The van der Waals surface area contributed by atoms with E-state index in [0.29, 0.717) is 5.69 Å². The van der Waals surface area contributed by atoms with Crippen LogP contribution in [0, 0.1) is 5.41 Å². The molecule has 0 spiro atoms. The minimum Gasteiger partial charge on any atom is -0.392 e. The summed E-state index contributed by atoms with van der Waals surface area (Å²) in [5.41, 5.74) is 6.59. The van der Waals surface area contributed by atoms with Gasteiger partial charge in [0, 0.05) is 5.69 Å². The Hall–Kier alpha value is -1.46. The molecule has 4 nitrogen and oxygen atoms in total. The van der Waals surface area contributed by atoms with Crippen molar-refractivity contribution in [2.45, 2.75) is 32.3 Å². The van der Waals surface area contributed by atoms with E-state index in [1.165, 1.54) is 0 Å². The highest BCUT2D eigenvalue weighted by atomic mass is 32.1. The highest BCUT2D eigenvalue weighted by molar-refractivity contribution is 7.80. The molecule has 1 saturated carbocycles. The molecule has 0 bridgehead atoms. The zero-order valence-corrected chi connectivity index (χ0v) is 11.5. The van der Waals surface area contributed by atoms with Gasteiger partial charge in [-0.25, -0.2) is 0 Å². The first-order valence-electron chi connectivity index (χ1n) is 6.40. The number of aliphatic hydroxyl groups is 1. The summed E-state index contributed by atoms with van der Waals surface area (Å²) >= 11 is 5.08. The molecule has 0 atom stereocenters. The van der Waals surface area contributed by atoms with Crippen molar-refractivity contribution in [3.8, 4) is 0 Å². The summed E-state index contributed by atoms with van der Waals surface area (Å²) < 4.78 is 0. The number of hydrogen-bond acceptors (Lipinski definition) is 3. The topological polar surface area (TPSA) is 75.4 Å². The van der Waals surface area contributed by atoms with Crippen molar-refractivity contribution in [2.24, 2.45) is 11.1 Å². The van der Waals surface area contributed by atoms with Gasteiger partial charge in [0.2, 0.25) is 5.91 Å². The molecule has 0 unspecified atom stereocenters. The lowest BCUT2D eigenvalue weighted by atomic mass is 9.85. The van der Waals surface area contributed by atoms with Gasteiger partial charge < -0.3 is 16.2 Å². The van der Waals surface area contributed by atoms with Gasteiger partial charge >= 0.3 is 0 Å². The van der Waals surface area contributed by atoms with Crippen LogP contribution in [0.2, 0.25) is 0 Å². The fourth-order valence-electron chi connectivity index (χ4n) is 2.51. The van der Waals surface area contributed by atoms with Gasteiger partial charge in [-0.1, -0.05) is 37.2 Å². The molecule has 19 heavy (non-hydrogen) atoms. The molecular formula is C14H18N2O2S. The monoisotopic (exact) mass is 278 g/mol. The Kier molecular flexibility index (Phi) is 4.17. The Morgan fingerprint density at radius 1 is 1.32 bits per heavy atom. The van der Waals surface area contributed by atoms with Crippen molar-refractivity contribution in [1.82, 2.24) is 0 Å². The predicted molar refractivity (Wildman–Crippen MR) is 78.7 cm³/mol. The molecule has 102 valence electrons. The highest BCUT2D eigenvalue weighted by Gasteiger charge is 2.43. The molecule has 0 saturated heterocycles. The summed E-state index contributed by atoms with van der Waals surface area (Å²) in [6.07, 6.45) is 3.41. The Morgan fingerprint density at radius 2 is 1.89 bits per heavy atom. The third-order valence-electron chi connectivity index (χ3n) is 3.76. The molecule has 5 heteroatoms. The van der Waals surface area contributed by atoms with Gasteiger partial charge in [-0.05, 0) is 30.5 Å². The van der Waals surface area contributed by atoms with Gasteiger partial charge in [-0.2, -0.15) is 0 Å². The van der Waals surface area contributed by atoms with Gasteiger partial charge in [0.25, 0.3) is 0 Å². The lowest BCUT2D eigenvalue weighted by Gasteiger charge is -2.26. The van der Waals surface area contributed by atoms with Gasteiger partial charge in [0.05, 0.1) is 17.0 Å². The van der Waals surface area contributed by atoms with Crippen molar-refractivity contribution in [2.75, 3.05) is 5.32 Å². The number of carbonyl (C=O) groups is 1. The summed E-state index contributed by atoms with van der Waals surface area (Å²) in [6.45, 7) is -0.00888. The average Bonchev–Trinajstić information content (AvgIpc) is 2.90. The summed E-state index contributed by atoms with van der Waals surface area (Å²) in [7, 11) is 0. The molecule has 1 aliphatic carbocycles. The second-order valence-electron chi connectivity index (χ2n) is 4.96. The third kappa shape index (κ3) is 2.77. The van der Waals surface area contributed by atoms with Crippen LogP contribution in [0.1, 0.15) is 31.2 Å². The Balaban J connectivity index is 2.12. The van der Waals surface area contributed by atoms with E-state index in [1.807, 2.05) is 0 Å². The number of hydrogen-bond donors (Lipinski definition) is 3. The number of rotatable bonds is 4. The number of nitrogens with two attached hydrogens (primary N) is 1. The Morgan fingerprint density at radius 3 is 2.37 bits per heavy atom. The lowest BCUT2D eigenvalue weighted by molar-refractivity contribution is -0.122. The molecule has 4 N–H and O–H groups in total. The fraction of sp³-hybridized carbons (Fsp3) is 0.429.